The lowest BCUT2D eigenvalue weighted by Crippen LogP contribution is -2.08. The van der Waals surface area contributed by atoms with Gasteiger partial charge in [0.1, 0.15) is 5.82 Å². The first kappa shape index (κ1) is 17.7. The van der Waals surface area contributed by atoms with Gasteiger partial charge in [-0.3, -0.25) is 0 Å². The Balaban J connectivity index is 1.72. The maximum Gasteiger partial charge on any atom is 0.237 e. The normalized spacial score (nSPS) is 14.0. The third-order valence-corrected chi connectivity index (χ3v) is 4.91. The highest BCUT2D eigenvalue weighted by atomic mass is 19.1. The molecule has 0 aliphatic heterocycles. The highest BCUT2D eigenvalue weighted by Crippen LogP contribution is 2.39. The lowest BCUT2D eigenvalue weighted by Gasteiger charge is -2.09. The number of rotatable bonds is 6. The van der Waals surface area contributed by atoms with E-state index in [4.69, 9.17) is 4.74 Å². The molecule has 1 aromatic carbocycles. The summed E-state index contributed by atoms with van der Waals surface area (Å²) in [6.07, 6.45) is 4.85. The number of hydrogen-bond acceptors (Lipinski definition) is 3. The summed E-state index contributed by atoms with van der Waals surface area (Å²) in [6.45, 7) is 5.90. The Morgan fingerprint density at radius 3 is 2.59 bits per heavy atom. The lowest BCUT2D eigenvalue weighted by molar-refractivity contribution is 0.229. The summed E-state index contributed by atoms with van der Waals surface area (Å²) in [5.41, 5.74) is 3.72. The van der Waals surface area contributed by atoms with Gasteiger partial charge in [0.25, 0.3) is 0 Å². The van der Waals surface area contributed by atoms with E-state index in [0.29, 0.717) is 23.8 Å². The minimum Gasteiger partial charge on any atom is -0.474 e. The number of ether oxygens (including phenoxy) is 1. The fourth-order valence-electron chi connectivity index (χ4n) is 3.27. The van der Waals surface area contributed by atoms with Crippen LogP contribution in [0.25, 0.3) is 5.82 Å². The summed E-state index contributed by atoms with van der Waals surface area (Å²) in [5.74, 6) is 1.75. The van der Waals surface area contributed by atoms with Gasteiger partial charge in [0.05, 0.1) is 11.8 Å². The smallest absolute Gasteiger partial charge is 0.237 e. The first-order valence-electron chi connectivity index (χ1n) is 9.48. The summed E-state index contributed by atoms with van der Waals surface area (Å²) in [5, 5.41) is 4.65. The van der Waals surface area contributed by atoms with Gasteiger partial charge in [-0.2, -0.15) is 0 Å². The van der Waals surface area contributed by atoms with Crippen molar-refractivity contribution in [2.45, 2.75) is 52.1 Å². The van der Waals surface area contributed by atoms with Crippen LogP contribution in [0.15, 0.2) is 42.6 Å². The van der Waals surface area contributed by atoms with Gasteiger partial charge in [0, 0.05) is 18.2 Å². The molecule has 0 saturated heterocycles. The van der Waals surface area contributed by atoms with Gasteiger partial charge in [-0.15, -0.1) is 5.10 Å². The van der Waals surface area contributed by atoms with Crippen molar-refractivity contribution in [3.63, 3.8) is 0 Å². The summed E-state index contributed by atoms with van der Waals surface area (Å²) < 4.78 is 21.9. The Kier molecular flexibility index (Phi) is 4.68. The second kappa shape index (κ2) is 7.14. The zero-order valence-corrected chi connectivity index (χ0v) is 15.9. The molecule has 2 aromatic heterocycles. The minimum absolute atomic E-state index is 0.0164. The zero-order chi connectivity index (χ0) is 19.0. The summed E-state index contributed by atoms with van der Waals surface area (Å²) in [4.78, 5) is 4.60. The first-order valence-corrected chi connectivity index (χ1v) is 9.48. The number of halogens is 1. The summed E-state index contributed by atoms with van der Waals surface area (Å²) in [6, 6.07) is 11.0. The molecule has 5 heteroatoms. The largest absolute Gasteiger partial charge is 0.474 e. The van der Waals surface area contributed by atoms with E-state index in [1.54, 1.807) is 16.8 Å². The van der Waals surface area contributed by atoms with E-state index >= 15 is 0 Å². The van der Waals surface area contributed by atoms with E-state index in [1.807, 2.05) is 39.1 Å². The lowest BCUT2D eigenvalue weighted by atomic mass is 10.0. The Morgan fingerprint density at radius 2 is 1.96 bits per heavy atom. The molecule has 0 bridgehead atoms. The Morgan fingerprint density at radius 1 is 1.19 bits per heavy atom. The standard InChI is InChI=1S/C22H24FN3O/c1-14(2)27-22-19(12-17-6-4-5-7-20(17)23)15(3)26(25-22)21-11-10-18(13-24-21)16-8-9-16/h4-7,10-11,13-14,16H,8-9,12H2,1-3H3. The van der Waals surface area contributed by atoms with Crippen LogP contribution >= 0.6 is 0 Å². The van der Waals surface area contributed by atoms with Crippen LogP contribution in [0.5, 0.6) is 5.88 Å². The molecule has 0 unspecified atom stereocenters. The Labute approximate surface area is 159 Å². The Hall–Kier alpha value is -2.69. The van der Waals surface area contributed by atoms with Gasteiger partial charge in [0.15, 0.2) is 5.82 Å². The van der Waals surface area contributed by atoms with E-state index in [2.05, 4.69) is 16.1 Å². The molecular formula is C22H24FN3O. The van der Waals surface area contributed by atoms with E-state index in [0.717, 1.165) is 17.1 Å². The molecule has 1 aliphatic rings. The van der Waals surface area contributed by atoms with E-state index < -0.39 is 0 Å². The van der Waals surface area contributed by atoms with Crippen molar-refractivity contribution in [1.29, 1.82) is 0 Å². The third kappa shape index (κ3) is 3.72. The molecule has 0 N–H and O–H groups in total. The van der Waals surface area contributed by atoms with Crippen molar-refractivity contribution < 1.29 is 9.13 Å². The molecule has 4 nitrogen and oxygen atoms in total. The van der Waals surface area contributed by atoms with Crippen LogP contribution in [0.4, 0.5) is 4.39 Å². The van der Waals surface area contributed by atoms with Gasteiger partial charge >= 0.3 is 0 Å². The van der Waals surface area contributed by atoms with E-state index in [-0.39, 0.29) is 11.9 Å². The maximum absolute atomic E-state index is 14.2. The molecule has 140 valence electrons. The minimum atomic E-state index is -0.216. The molecule has 1 fully saturated rings. The number of pyridine rings is 1. The molecule has 0 radical (unpaired) electrons. The number of benzene rings is 1. The second-order valence-electron chi connectivity index (χ2n) is 7.44. The quantitative estimate of drug-likeness (QED) is 0.619. The second-order valence-corrected chi connectivity index (χ2v) is 7.44. The van der Waals surface area contributed by atoms with Crippen LogP contribution in [0.1, 0.15) is 55.0 Å². The van der Waals surface area contributed by atoms with Crippen molar-refractivity contribution in [3.8, 4) is 11.7 Å². The summed E-state index contributed by atoms with van der Waals surface area (Å²) in [7, 11) is 0. The molecule has 1 aliphatic carbocycles. The summed E-state index contributed by atoms with van der Waals surface area (Å²) >= 11 is 0. The van der Waals surface area contributed by atoms with E-state index in [1.165, 1.54) is 24.5 Å². The van der Waals surface area contributed by atoms with Crippen molar-refractivity contribution in [2.75, 3.05) is 0 Å². The number of hydrogen-bond donors (Lipinski definition) is 0. The fraction of sp³-hybridized carbons (Fsp3) is 0.364. The maximum atomic E-state index is 14.2. The topological polar surface area (TPSA) is 39.9 Å². The highest BCUT2D eigenvalue weighted by Gasteiger charge is 2.24. The fourth-order valence-corrected chi connectivity index (χ4v) is 3.27. The van der Waals surface area contributed by atoms with Gasteiger partial charge in [-0.25, -0.2) is 14.1 Å². The van der Waals surface area contributed by atoms with Crippen molar-refractivity contribution >= 4 is 0 Å². The molecule has 0 amide bonds. The van der Waals surface area contributed by atoms with Gasteiger partial charge in [0.2, 0.25) is 5.88 Å². The van der Waals surface area contributed by atoms with Crippen LogP contribution < -0.4 is 4.74 Å². The van der Waals surface area contributed by atoms with Crippen molar-refractivity contribution in [1.82, 2.24) is 14.8 Å². The van der Waals surface area contributed by atoms with Crippen molar-refractivity contribution in [2.24, 2.45) is 0 Å². The average molecular weight is 365 g/mol. The molecule has 4 rings (SSSR count). The molecule has 0 spiro atoms. The van der Waals surface area contributed by atoms with Crippen LogP contribution in [0.2, 0.25) is 0 Å². The molecule has 2 heterocycles. The third-order valence-electron chi connectivity index (χ3n) is 4.91. The molecule has 1 saturated carbocycles. The highest BCUT2D eigenvalue weighted by molar-refractivity contribution is 5.41. The van der Waals surface area contributed by atoms with Crippen molar-refractivity contribution in [3.05, 3.63) is 70.8 Å². The van der Waals surface area contributed by atoms with Gasteiger partial charge < -0.3 is 4.74 Å². The predicted octanol–water partition coefficient (Wildman–Crippen LogP) is 4.97. The van der Waals surface area contributed by atoms with Crippen LogP contribution in [-0.4, -0.2) is 20.9 Å². The predicted molar refractivity (Wildman–Crippen MR) is 103 cm³/mol. The van der Waals surface area contributed by atoms with Crippen LogP contribution in [0, 0.1) is 12.7 Å². The number of nitrogens with zero attached hydrogens (tertiary/aromatic N) is 3. The Bertz CT molecular complexity index is 943. The van der Waals surface area contributed by atoms with Gasteiger partial charge in [-0.1, -0.05) is 24.3 Å². The van der Waals surface area contributed by atoms with Crippen LogP contribution in [-0.2, 0) is 6.42 Å². The average Bonchev–Trinajstić information content (AvgIpc) is 3.45. The molecule has 27 heavy (non-hydrogen) atoms. The monoisotopic (exact) mass is 365 g/mol. The van der Waals surface area contributed by atoms with Crippen LogP contribution in [0.3, 0.4) is 0 Å². The SMILES string of the molecule is Cc1c(Cc2ccccc2F)c(OC(C)C)nn1-c1ccc(C2CC2)cn1. The molecule has 0 atom stereocenters. The first-order chi connectivity index (χ1) is 13.0. The van der Waals surface area contributed by atoms with E-state index in [9.17, 15) is 4.39 Å². The zero-order valence-electron chi connectivity index (χ0n) is 15.9. The number of aromatic nitrogens is 3. The molecule has 3 aromatic rings. The molecular weight excluding hydrogens is 341 g/mol. The van der Waals surface area contributed by atoms with Gasteiger partial charge in [-0.05, 0) is 62.8 Å².